The summed E-state index contributed by atoms with van der Waals surface area (Å²) in [5.74, 6) is 0.645. The van der Waals surface area contributed by atoms with Crippen molar-refractivity contribution in [2.45, 2.75) is 57.2 Å². The number of rotatable bonds is 7. The molecule has 3 N–H and O–H groups in total. The minimum atomic E-state index is -0.669. The molecule has 0 aromatic heterocycles. The highest BCUT2D eigenvalue weighted by molar-refractivity contribution is 5.90. The minimum absolute atomic E-state index is 0.0378. The summed E-state index contributed by atoms with van der Waals surface area (Å²) in [4.78, 5) is 42.6. The lowest BCUT2D eigenvalue weighted by Crippen LogP contribution is -2.58. The van der Waals surface area contributed by atoms with Gasteiger partial charge in [0.2, 0.25) is 17.7 Å². The number of hydrogen-bond donors (Lipinski definition) is 3. The van der Waals surface area contributed by atoms with Gasteiger partial charge in [0.1, 0.15) is 11.8 Å². The Morgan fingerprint density at radius 3 is 2.60 bits per heavy atom. The molecule has 0 bridgehead atoms. The average molecular weight is 589 g/mol. The SMILES string of the molecule is COc1ccccc1CNC(=O)CN1CC[C@H]2NC(=O)[C@H](Cc3ccccc3)NC(=O)C3(C/C=C/C[C@H]2C1)CCOCC3. The van der Waals surface area contributed by atoms with Crippen LogP contribution in [0.2, 0.25) is 0 Å². The van der Waals surface area contributed by atoms with Crippen LogP contribution < -0.4 is 20.7 Å². The van der Waals surface area contributed by atoms with Crippen molar-refractivity contribution in [2.75, 3.05) is 40.0 Å². The van der Waals surface area contributed by atoms with Gasteiger partial charge >= 0.3 is 0 Å². The zero-order valence-electron chi connectivity index (χ0n) is 25.1. The molecule has 3 heterocycles. The molecule has 0 aliphatic carbocycles. The third kappa shape index (κ3) is 8.03. The number of fused-ring (bicyclic) bond motifs is 1. The highest BCUT2D eigenvalue weighted by Crippen LogP contribution is 2.36. The van der Waals surface area contributed by atoms with E-state index in [1.165, 1.54) is 0 Å². The first-order valence-corrected chi connectivity index (χ1v) is 15.4. The second-order valence-electron chi connectivity index (χ2n) is 12.0. The maximum absolute atomic E-state index is 13.8. The lowest BCUT2D eigenvalue weighted by Gasteiger charge is -2.40. The standard InChI is InChI=1S/C34H44N4O5/c1-42-30-13-6-5-11-26(30)22-35-31(39)24-38-18-14-28-27(23-38)12-7-8-15-34(16-19-43-20-17-34)33(41)37-29(32(40)36-28)21-25-9-3-2-4-10-25/h2-11,13,27-29H,12,14-24H2,1H3,(H,35,39)(H,36,40)(H,37,41)/b8-7+/t27-,28+,29-/m0/s1. The number of ether oxygens (including phenoxy) is 2. The van der Waals surface area contributed by atoms with E-state index in [0.717, 1.165) is 29.7 Å². The van der Waals surface area contributed by atoms with Crippen molar-refractivity contribution in [3.8, 4) is 5.75 Å². The highest BCUT2D eigenvalue weighted by Gasteiger charge is 2.41. The van der Waals surface area contributed by atoms with E-state index in [1.54, 1.807) is 7.11 Å². The molecule has 1 spiro atoms. The number of hydrogen-bond acceptors (Lipinski definition) is 6. The third-order valence-corrected chi connectivity index (χ3v) is 9.13. The molecule has 5 rings (SSSR count). The highest BCUT2D eigenvalue weighted by atomic mass is 16.5. The molecule has 3 amide bonds. The Bertz CT molecular complexity index is 1280. The second-order valence-corrected chi connectivity index (χ2v) is 12.0. The zero-order valence-corrected chi connectivity index (χ0v) is 25.1. The van der Waals surface area contributed by atoms with Crippen LogP contribution in [0.5, 0.6) is 5.75 Å². The van der Waals surface area contributed by atoms with Gasteiger partial charge in [-0.15, -0.1) is 0 Å². The number of amides is 3. The van der Waals surface area contributed by atoms with Gasteiger partial charge in [0, 0.05) is 50.9 Å². The smallest absolute Gasteiger partial charge is 0.243 e. The summed E-state index contributed by atoms with van der Waals surface area (Å²) >= 11 is 0. The van der Waals surface area contributed by atoms with Gasteiger partial charge in [0.25, 0.3) is 0 Å². The Hall–Kier alpha value is -3.69. The number of likely N-dealkylation sites (tertiary alicyclic amines) is 1. The number of carbonyl (C=O) groups excluding carboxylic acids is 3. The molecule has 3 aliphatic heterocycles. The van der Waals surface area contributed by atoms with E-state index in [2.05, 4.69) is 33.0 Å². The van der Waals surface area contributed by atoms with Crippen molar-refractivity contribution < 1.29 is 23.9 Å². The molecular formula is C34H44N4O5. The quantitative estimate of drug-likeness (QED) is 0.430. The van der Waals surface area contributed by atoms with E-state index in [4.69, 9.17) is 9.47 Å². The van der Waals surface area contributed by atoms with Crippen LogP contribution in [0.4, 0.5) is 0 Å². The van der Waals surface area contributed by atoms with Gasteiger partial charge in [-0.3, -0.25) is 19.3 Å². The van der Waals surface area contributed by atoms with Crippen LogP contribution in [0.15, 0.2) is 66.7 Å². The number of piperidine rings is 1. The largest absolute Gasteiger partial charge is 0.496 e. The van der Waals surface area contributed by atoms with Gasteiger partial charge in [-0.25, -0.2) is 0 Å². The normalized spacial score (nSPS) is 25.3. The number of para-hydroxylation sites is 1. The van der Waals surface area contributed by atoms with Gasteiger partial charge in [0.15, 0.2) is 0 Å². The first kappa shape index (κ1) is 30.8. The Labute approximate surface area is 254 Å². The first-order valence-electron chi connectivity index (χ1n) is 15.4. The Kier molecular flexibility index (Phi) is 10.5. The summed E-state index contributed by atoms with van der Waals surface area (Å²) in [5, 5.41) is 9.47. The summed E-state index contributed by atoms with van der Waals surface area (Å²) in [6, 6.07) is 16.8. The zero-order chi connectivity index (χ0) is 30.1. The van der Waals surface area contributed by atoms with Crippen LogP contribution in [-0.4, -0.2) is 74.7 Å². The molecule has 0 saturated carbocycles. The van der Waals surface area contributed by atoms with Crippen molar-refractivity contribution >= 4 is 17.7 Å². The van der Waals surface area contributed by atoms with Gasteiger partial charge in [0.05, 0.1) is 19.1 Å². The number of methoxy groups -OCH3 is 1. The number of benzene rings is 2. The Balaban J connectivity index is 1.28. The van der Waals surface area contributed by atoms with Gasteiger partial charge in [-0.05, 0) is 49.7 Å². The van der Waals surface area contributed by atoms with Crippen molar-refractivity contribution in [1.82, 2.24) is 20.9 Å². The fourth-order valence-electron chi connectivity index (χ4n) is 6.50. The molecule has 9 heteroatoms. The van der Waals surface area contributed by atoms with Crippen LogP contribution in [0.25, 0.3) is 0 Å². The molecule has 43 heavy (non-hydrogen) atoms. The van der Waals surface area contributed by atoms with E-state index in [9.17, 15) is 14.4 Å². The molecule has 2 aromatic carbocycles. The summed E-state index contributed by atoms with van der Waals surface area (Å²) in [6.45, 7) is 3.18. The predicted molar refractivity (Wildman–Crippen MR) is 164 cm³/mol. The maximum Gasteiger partial charge on any atom is 0.243 e. The third-order valence-electron chi connectivity index (χ3n) is 9.13. The number of nitrogens with one attached hydrogen (secondary N) is 3. The predicted octanol–water partition coefficient (Wildman–Crippen LogP) is 2.99. The Morgan fingerprint density at radius 1 is 1.05 bits per heavy atom. The van der Waals surface area contributed by atoms with E-state index in [-0.39, 0.29) is 29.7 Å². The fourth-order valence-corrected chi connectivity index (χ4v) is 6.50. The molecule has 0 radical (unpaired) electrons. The minimum Gasteiger partial charge on any atom is -0.496 e. The van der Waals surface area contributed by atoms with Crippen LogP contribution in [-0.2, 0) is 32.1 Å². The Morgan fingerprint density at radius 2 is 1.81 bits per heavy atom. The first-order chi connectivity index (χ1) is 21.0. The van der Waals surface area contributed by atoms with Crippen molar-refractivity contribution in [2.24, 2.45) is 11.3 Å². The van der Waals surface area contributed by atoms with E-state index in [0.29, 0.717) is 65.1 Å². The van der Waals surface area contributed by atoms with Crippen LogP contribution >= 0.6 is 0 Å². The molecule has 3 aliphatic rings. The number of carbonyl (C=O) groups is 3. The topological polar surface area (TPSA) is 109 Å². The number of allylic oxidation sites excluding steroid dienone is 2. The van der Waals surface area contributed by atoms with Crippen LogP contribution in [0, 0.1) is 11.3 Å². The van der Waals surface area contributed by atoms with Crippen molar-refractivity contribution in [1.29, 1.82) is 0 Å². The maximum atomic E-state index is 13.8. The van der Waals surface area contributed by atoms with Gasteiger partial charge in [-0.2, -0.15) is 0 Å². The van der Waals surface area contributed by atoms with Crippen molar-refractivity contribution in [3.05, 3.63) is 77.9 Å². The lowest BCUT2D eigenvalue weighted by molar-refractivity contribution is -0.140. The molecule has 2 fully saturated rings. The lowest BCUT2D eigenvalue weighted by atomic mass is 9.75. The molecule has 2 saturated heterocycles. The fraction of sp³-hybridized carbons (Fsp3) is 0.500. The summed E-state index contributed by atoms with van der Waals surface area (Å²) in [5.41, 5.74) is 1.35. The van der Waals surface area contributed by atoms with Gasteiger partial charge < -0.3 is 25.4 Å². The number of nitrogens with zero attached hydrogens (tertiary/aromatic N) is 1. The molecular weight excluding hydrogens is 544 g/mol. The molecule has 230 valence electrons. The molecule has 9 nitrogen and oxygen atoms in total. The van der Waals surface area contributed by atoms with Crippen LogP contribution in [0.3, 0.4) is 0 Å². The monoisotopic (exact) mass is 588 g/mol. The van der Waals surface area contributed by atoms with Gasteiger partial charge in [-0.1, -0.05) is 60.7 Å². The molecule has 0 unspecified atom stereocenters. The van der Waals surface area contributed by atoms with Crippen molar-refractivity contribution in [3.63, 3.8) is 0 Å². The molecule has 2 aromatic rings. The summed E-state index contributed by atoms with van der Waals surface area (Å²) in [6.07, 6.45) is 8.10. The van der Waals surface area contributed by atoms with Crippen LogP contribution in [0.1, 0.15) is 43.2 Å². The molecule has 3 atom stereocenters. The summed E-state index contributed by atoms with van der Waals surface area (Å²) in [7, 11) is 1.63. The van der Waals surface area contributed by atoms with E-state index in [1.807, 2.05) is 54.6 Å². The second kappa shape index (κ2) is 14.7. The van der Waals surface area contributed by atoms with E-state index >= 15 is 0 Å². The average Bonchev–Trinajstić information content (AvgIpc) is 3.03. The summed E-state index contributed by atoms with van der Waals surface area (Å²) < 4.78 is 11.0. The van der Waals surface area contributed by atoms with E-state index < -0.39 is 11.5 Å².